The molecule has 0 fully saturated rings. The lowest BCUT2D eigenvalue weighted by Crippen LogP contribution is -2.25. The molecule has 0 spiro atoms. The summed E-state index contributed by atoms with van der Waals surface area (Å²) >= 11 is 0. The van der Waals surface area contributed by atoms with Crippen molar-refractivity contribution in [3.63, 3.8) is 0 Å². The summed E-state index contributed by atoms with van der Waals surface area (Å²) in [5, 5.41) is 0. The topological polar surface area (TPSA) is 73.9 Å². The second kappa shape index (κ2) is 6.63. The van der Waals surface area contributed by atoms with E-state index in [0.29, 0.717) is 22.8 Å². The average Bonchev–Trinajstić information content (AvgIpc) is 2.44. The van der Waals surface area contributed by atoms with Crippen molar-refractivity contribution in [3.8, 4) is 17.2 Å². The van der Waals surface area contributed by atoms with Gasteiger partial charge in [0.1, 0.15) is 17.2 Å². The molecule has 0 saturated heterocycles. The highest BCUT2D eigenvalue weighted by molar-refractivity contribution is 7.89. The molecule has 0 aliphatic heterocycles. The molecule has 1 rings (SSSR count). The van der Waals surface area contributed by atoms with Gasteiger partial charge in [0.2, 0.25) is 10.0 Å². The monoisotopic (exact) mass is 289 g/mol. The largest absolute Gasteiger partial charge is 0.496 e. The fraction of sp³-hybridized carbons (Fsp3) is 0.500. The molecule has 0 radical (unpaired) electrons. The molecule has 1 aromatic carbocycles. The van der Waals surface area contributed by atoms with Gasteiger partial charge in [-0.2, -0.15) is 0 Å². The van der Waals surface area contributed by atoms with Crippen LogP contribution in [-0.4, -0.2) is 35.5 Å². The van der Waals surface area contributed by atoms with E-state index < -0.39 is 10.0 Å². The molecular weight excluding hydrogens is 270 g/mol. The average molecular weight is 289 g/mol. The Hall–Kier alpha value is -1.47. The van der Waals surface area contributed by atoms with E-state index in [1.54, 1.807) is 19.1 Å². The normalized spacial score (nSPS) is 11.2. The van der Waals surface area contributed by atoms with Crippen molar-refractivity contribution in [1.82, 2.24) is 4.72 Å². The van der Waals surface area contributed by atoms with Crippen LogP contribution in [0.4, 0.5) is 0 Å². The Morgan fingerprint density at radius 1 is 1.05 bits per heavy atom. The summed E-state index contributed by atoms with van der Waals surface area (Å²) in [6.45, 7) is 1.68. The van der Waals surface area contributed by atoms with Crippen molar-refractivity contribution in [2.75, 3.05) is 27.1 Å². The molecule has 0 atom stereocenters. The minimum absolute atomic E-state index is 0.0216. The van der Waals surface area contributed by atoms with E-state index in [1.807, 2.05) is 0 Å². The fourth-order valence-electron chi connectivity index (χ4n) is 1.54. The smallest absolute Gasteiger partial charge is 0.211 e. The third-order valence-electron chi connectivity index (χ3n) is 2.67. The Balaban J connectivity index is 3.10. The fourth-order valence-corrected chi connectivity index (χ4v) is 2.10. The van der Waals surface area contributed by atoms with E-state index in [0.717, 1.165) is 0 Å². The van der Waals surface area contributed by atoms with Crippen LogP contribution < -0.4 is 18.9 Å². The highest BCUT2D eigenvalue weighted by atomic mass is 32.2. The number of benzene rings is 1. The van der Waals surface area contributed by atoms with Crippen molar-refractivity contribution in [2.24, 2.45) is 0 Å². The zero-order valence-electron chi connectivity index (χ0n) is 11.5. The van der Waals surface area contributed by atoms with Gasteiger partial charge in [-0.25, -0.2) is 13.1 Å². The lowest BCUT2D eigenvalue weighted by atomic mass is 10.1. The molecule has 0 bridgehead atoms. The first-order valence-electron chi connectivity index (χ1n) is 5.73. The molecule has 1 N–H and O–H groups in total. The maximum Gasteiger partial charge on any atom is 0.211 e. The van der Waals surface area contributed by atoms with Gasteiger partial charge >= 0.3 is 0 Å². The quantitative estimate of drug-likeness (QED) is 0.815. The van der Waals surface area contributed by atoms with E-state index in [2.05, 4.69) is 4.72 Å². The highest BCUT2D eigenvalue weighted by Crippen LogP contribution is 2.33. The third-order valence-corrected chi connectivity index (χ3v) is 4.01. The molecule has 19 heavy (non-hydrogen) atoms. The van der Waals surface area contributed by atoms with Crippen LogP contribution in [0.15, 0.2) is 12.1 Å². The molecule has 1 aromatic rings. The summed E-state index contributed by atoms with van der Waals surface area (Å²) in [5.41, 5.74) is 0.628. The summed E-state index contributed by atoms with van der Waals surface area (Å²) < 4.78 is 41.0. The van der Waals surface area contributed by atoms with Crippen LogP contribution in [0.3, 0.4) is 0 Å². The number of methoxy groups -OCH3 is 3. The Morgan fingerprint density at radius 2 is 1.58 bits per heavy atom. The lowest BCUT2D eigenvalue weighted by Gasteiger charge is -2.15. The van der Waals surface area contributed by atoms with Gasteiger partial charge in [-0.05, 0) is 6.92 Å². The molecule has 0 unspecified atom stereocenters. The van der Waals surface area contributed by atoms with Crippen LogP contribution >= 0.6 is 0 Å². The van der Waals surface area contributed by atoms with Crippen LogP contribution in [0, 0.1) is 0 Å². The van der Waals surface area contributed by atoms with Crippen LogP contribution in [0.5, 0.6) is 17.2 Å². The third kappa shape index (κ3) is 4.00. The minimum Gasteiger partial charge on any atom is -0.496 e. The minimum atomic E-state index is -3.28. The number of sulfonamides is 1. The number of rotatable bonds is 7. The molecule has 0 heterocycles. The maximum atomic E-state index is 11.5. The lowest BCUT2D eigenvalue weighted by molar-refractivity contribution is 0.368. The first kappa shape index (κ1) is 15.6. The van der Waals surface area contributed by atoms with Gasteiger partial charge in [0.05, 0.1) is 32.6 Å². The molecule has 0 aromatic heterocycles. The molecule has 7 heteroatoms. The van der Waals surface area contributed by atoms with E-state index in [1.165, 1.54) is 21.3 Å². The standard InChI is InChI=1S/C12H19NO5S/c1-5-19(14,15)13-8-10-11(17-3)6-9(16-2)7-12(10)18-4/h6-7,13H,5,8H2,1-4H3. The molecular formula is C12H19NO5S. The zero-order valence-corrected chi connectivity index (χ0v) is 12.3. The van der Waals surface area contributed by atoms with Gasteiger partial charge < -0.3 is 14.2 Å². The van der Waals surface area contributed by atoms with Gasteiger partial charge in [-0.3, -0.25) is 0 Å². The number of hydrogen-bond donors (Lipinski definition) is 1. The predicted octanol–water partition coefficient (Wildman–Crippen LogP) is 1.15. The van der Waals surface area contributed by atoms with E-state index in [9.17, 15) is 8.42 Å². The summed E-state index contributed by atoms with van der Waals surface area (Å²) in [7, 11) is 1.27. The van der Waals surface area contributed by atoms with Crippen molar-refractivity contribution >= 4 is 10.0 Å². The molecule has 108 valence electrons. The van der Waals surface area contributed by atoms with Crippen LogP contribution in [0.1, 0.15) is 12.5 Å². The predicted molar refractivity (Wildman–Crippen MR) is 72.4 cm³/mol. The van der Waals surface area contributed by atoms with Gasteiger partial charge in [-0.1, -0.05) is 0 Å². The Kier molecular flexibility index (Phi) is 5.44. The SMILES string of the molecule is CCS(=O)(=O)NCc1c(OC)cc(OC)cc1OC. The van der Waals surface area contributed by atoms with Gasteiger partial charge in [-0.15, -0.1) is 0 Å². The molecule has 0 saturated carbocycles. The van der Waals surface area contributed by atoms with Crippen molar-refractivity contribution < 1.29 is 22.6 Å². The first-order valence-corrected chi connectivity index (χ1v) is 7.38. The maximum absolute atomic E-state index is 11.5. The second-order valence-corrected chi connectivity index (χ2v) is 5.83. The number of ether oxygens (including phenoxy) is 3. The second-order valence-electron chi connectivity index (χ2n) is 3.74. The van der Waals surface area contributed by atoms with Crippen molar-refractivity contribution in [1.29, 1.82) is 0 Å². The van der Waals surface area contributed by atoms with Gasteiger partial charge in [0.25, 0.3) is 0 Å². The van der Waals surface area contributed by atoms with Crippen molar-refractivity contribution in [2.45, 2.75) is 13.5 Å². The van der Waals surface area contributed by atoms with Crippen molar-refractivity contribution in [3.05, 3.63) is 17.7 Å². The summed E-state index contributed by atoms with van der Waals surface area (Å²) in [6, 6.07) is 3.36. The summed E-state index contributed by atoms with van der Waals surface area (Å²) in [5.74, 6) is 1.62. The molecule has 0 aliphatic rings. The summed E-state index contributed by atoms with van der Waals surface area (Å²) in [6.07, 6.45) is 0. The van der Waals surface area contributed by atoms with E-state index >= 15 is 0 Å². The van der Waals surface area contributed by atoms with Crippen LogP contribution in [0.25, 0.3) is 0 Å². The van der Waals surface area contributed by atoms with Gasteiger partial charge in [0.15, 0.2) is 0 Å². The van der Waals surface area contributed by atoms with Gasteiger partial charge in [0, 0.05) is 18.7 Å². The number of nitrogens with one attached hydrogen (secondary N) is 1. The van der Waals surface area contributed by atoms with Crippen LogP contribution in [0.2, 0.25) is 0 Å². The Morgan fingerprint density at radius 3 is 1.95 bits per heavy atom. The Labute approximate surface area is 113 Å². The molecule has 0 aliphatic carbocycles. The molecule has 6 nitrogen and oxygen atoms in total. The summed E-state index contributed by atoms with van der Waals surface area (Å²) in [4.78, 5) is 0. The zero-order chi connectivity index (χ0) is 14.5. The van der Waals surface area contributed by atoms with Crippen LogP contribution in [-0.2, 0) is 16.6 Å². The Bertz CT molecular complexity index is 502. The van der Waals surface area contributed by atoms with E-state index in [-0.39, 0.29) is 12.3 Å². The first-order chi connectivity index (χ1) is 8.97. The molecule has 0 amide bonds. The van der Waals surface area contributed by atoms with E-state index in [4.69, 9.17) is 14.2 Å². The highest BCUT2D eigenvalue weighted by Gasteiger charge is 2.15. The number of hydrogen-bond acceptors (Lipinski definition) is 5.